The normalized spacial score (nSPS) is 12.6. The molecule has 0 spiro atoms. The van der Waals surface area contributed by atoms with Crippen LogP contribution in [0.1, 0.15) is 27.9 Å². The number of ether oxygens (including phenoxy) is 3. The third kappa shape index (κ3) is 8.61. The fourth-order valence-electron chi connectivity index (χ4n) is 3.56. The highest BCUT2D eigenvalue weighted by atomic mass is 19.4. The molecule has 45 heavy (non-hydrogen) atoms. The zero-order chi connectivity index (χ0) is 33.6. The maximum atomic E-state index is 13.6. The van der Waals surface area contributed by atoms with E-state index in [1.807, 2.05) is 0 Å². The molecule has 0 fully saturated rings. The number of hydrogen-bond donors (Lipinski definition) is 2. The van der Waals surface area contributed by atoms with Gasteiger partial charge in [-0.3, -0.25) is 0 Å². The number of alkyl halides is 9. The smallest absolute Gasteiger partial charge is 0.460 e. The molecule has 0 saturated heterocycles. The minimum absolute atomic E-state index is 0.0535. The van der Waals surface area contributed by atoms with E-state index in [1.54, 1.807) is 18.2 Å². The van der Waals surface area contributed by atoms with Crippen LogP contribution in [0.3, 0.4) is 0 Å². The maximum Gasteiger partial charge on any atom is 0.460 e. The van der Waals surface area contributed by atoms with Crippen molar-refractivity contribution in [3.05, 3.63) is 89.5 Å². The van der Waals surface area contributed by atoms with Crippen molar-refractivity contribution in [1.29, 1.82) is 0 Å². The van der Waals surface area contributed by atoms with E-state index >= 15 is 0 Å². The molecule has 0 amide bonds. The summed E-state index contributed by atoms with van der Waals surface area (Å²) in [6, 6.07) is 14.9. The second kappa shape index (κ2) is 13.4. The molecule has 0 heterocycles. The summed E-state index contributed by atoms with van der Waals surface area (Å²) in [4.78, 5) is 24.4. The van der Waals surface area contributed by atoms with Crippen molar-refractivity contribution >= 4 is 29.4 Å². The van der Waals surface area contributed by atoms with Gasteiger partial charge in [-0.05, 0) is 71.8 Å². The molecule has 242 valence electrons. The Bertz CT molecular complexity index is 1500. The molecular weight excluding hydrogens is 627 g/mol. The lowest BCUT2D eigenvalue weighted by molar-refractivity contribution is -0.397. The first-order valence-electron chi connectivity index (χ1n) is 12.6. The van der Waals surface area contributed by atoms with Gasteiger partial charge >= 0.3 is 35.9 Å². The molecule has 0 aliphatic heterocycles. The van der Waals surface area contributed by atoms with E-state index in [2.05, 4.69) is 0 Å². The predicted molar refractivity (Wildman–Crippen MR) is 143 cm³/mol. The van der Waals surface area contributed by atoms with Crippen LogP contribution in [0.25, 0.3) is 6.08 Å². The van der Waals surface area contributed by atoms with Gasteiger partial charge in [-0.15, -0.1) is 0 Å². The van der Waals surface area contributed by atoms with Crippen LogP contribution in [0.2, 0.25) is 0 Å². The van der Waals surface area contributed by atoms with Gasteiger partial charge in [-0.2, -0.15) is 39.5 Å². The van der Waals surface area contributed by atoms with Gasteiger partial charge in [0.05, 0.1) is 18.6 Å². The number of anilines is 2. The summed E-state index contributed by atoms with van der Waals surface area (Å²) in [5.74, 6) is -21.2. The Morgan fingerprint density at radius 3 is 1.84 bits per heavy atom. The Labute approximate surface area is 249 Å². The second-order valence-electron chi connectivity index (χ2n) is 9.38. The van der Waals surface area contributed by atoms with Crippen LogP contribution in [0.5, 0.6) is 11.5 Å². The summed E-state index contributed by atoms with van der Waals surface area (Å²) >= 11 is 0. The van der Waals surface area contributed by atoms with Crippen LogP contribution in [0.15, 0.2) is 72.8 Å². The number of carbonyl (C=O) groups is 2. The van der Waals surface area contributed by atoms with Crippen molar-refractivity contribution in [3.63, 3.8) is 0 Å². The third-order valence-electron chi connectivity index (χ3n) is 5.91. The highest BCUT2D eigenvalue weighted by Gasteiger charge is 2.81. The number of nitrogens with two attached hydrogens (primary N) is 2. The molecule has 0 aliphatic rings. The van der Waals surface area contributed by atoms with Gasteiger partial charge in [0.25, 0.3) is 0 Å². The molecule has 3 aromatic rings. The molecule has 4 N–H and O–H groups in total. The highest BCUT2D eigenvalue weighted by Crippen LogP contribution is 2.54. The molecule has 7 nitrogen and oxygen atoms in total. The van der Waals surface area contributed by atoms with Crippen molar-refractivity contribution < 1.29 is 63.3 Å². The lowest BCUT2D eigenvalue weighted by Gasteiger charge is -2.33. The van der Waals surface area contributed by atoms with E-state index in [4.69, 9.17) is 25.7 Å². The highest BCUT2D eigenvalue weighted by molar-refractivity contribution is 5.91. The van der Waals surface area contributed by atoms with Gasteiger partial charge in [0.2, 0.25) is 0 Å². The molecule has 3 rings (SSSR count). The van der Waals surface area contributed by atoms with E-state index in [9.17, 15) is 49.1 Å². The quantitative estimate of drug-likeness (QED) is 0.0709. The average Bonchev–Trinajstić information content (AvgIpc) is 2.94. The van der Waals surface area contributed by atoms with Gasteiger partial charge in [0, 0.05) is 17.5 Å². The van der Waals surface area contributed by atoms with Gasteiger partial charge in [0.15, 0.2) is 0 Å². The van der Waals surface area contributed by atoms with Crippen molar-refractivity contribution in [1.82, 2.24) is 0 Å². The number of benzene rings is 3. The van der Waals surface area contributed by atoms with Crippen LogP contribution < -0.4 is 20.9 Å². The summed E-state index contributed by atoms with van der Waals surface area (Å²) < 4.78 is 131. The molecule has 0 aromatic heterocycles. The number of carbonyl (C=O) groups excluding carboxylic acids is 2. The standard InChI is InChI=1S/C29H23F9N2O5/c30-26(31,27(32,33)28(34,35)29(36,37)38)11-12-43-22-8-4-19(5-9-22)25(42)45-23-6-1-17(2-7-23)3-10-24(41)44-16-18-13-20(39)15-21(40)14-18/h1-10,13-15H,11-12,16,39-40H2. The zero-order valence-corrected chi connectivity index (χ0v) is 22.7. The largest absolute Gasteiger partial charge is 0.493 e. The van der Waals surface area contributed by atoms with Gasteiger partial charge in [0.1, 0.15) is 18.1 Å². The fourth-order valence-corrected chi connectivity index (χ4v) is 3.56. The minimum atomic E-state index is -6.98. The summed E-state index contributed by atoms with van der Waals surface area (Å²) in [5.41, 5.74) is 13.3. The van der Waals surface area contributed by atoms with Crippen LogP contribution in [-0.4, -0.2) is 42.5 Å². The second-order valence-corrected chi connectivity index (χ2v) is 9.38. The lowest BCUT2D eigenvalue weighted by Crippen LogP contribution is -2.61. The summed E-state index contributed by atoms with van der Waals surface area (Å²) in [7, 11) is 0. The monoisotopic (exact) mass is 650 g/mol. The van der Waals surface area contributed by atoms with Crippen LogP contribution in [-0.2, 0) is 16.1 Å². The first-order valence-corrected chi connectivity index (χ1v) is 12.6. The van der Waals surface area contributed by atoms with E-state index in [0.717, 1.165) is 24.3 Å². The van der Waals surface area contributed by atoms with Gasteiger partial charge in [-0.25, -0.2) is 9.59 Å². The van der Waals surface area contributed by atoms with Crippen molar-refractivity contribution in [3.8, 4) is 11.5 Å². The van der Waals surface area contributed by atoms with Gasteiger partial charge in [-0.1, -0.05) is 12.1 Å². The average molecular weight is 650 g/mol. The molecular formula is C29H23F9N2O5. The Morgan fingerprint density at radius 1 is 0.733 bits per heavy atom. The number of rotatable bonds is 12. The van der Waals surface area contributed by atoms with Crippen molar-refractivity contribution in [2.75, 3.05) is 18.1 Å². The number of esters is 2. The van der Waals surface area contributed by atoms with E-state index in [-0.39, 0.29) is 23.7 Å². The predicted octanol–water partition coefficient (Wildman–Crippen LogP) is 7.06. The molecule has 16 heteroatoms. The Hall–Kier alpha value is -4.89. The van der Waals surface area contributed by atoms with Crippen molar-refractivity contribution in [2.45, 2.75) is 37.0 Å². The molecule has 0 bridgehead atoms. The van der Waals surface area contributed by atoms with E-state index < -0.39 is 48.9 Å². The zero-order valence-electron chi connectivity index (χ0n) is 22.7. The number of halogens is 9. The first kappa shape index (κ1) is 34.6. The summed E-state index contributed by atoms with van der Waals surface area (Å²) in [6.07, 6.45) is -6.46. The molecule has 0 aliphatic carbocycles. The van der Waals surface area contributed by atoms with Crippen LogP contribution >= 0.6 is 0 Å². The maximum absolute atomic E-state index is 13.6. The molecule has 0 unspecified atom stereocenters. The topological polar surface area (TPSA) is 114 Å². The van der Waals surface area contributed by atoms with E-state index in [0.29, 0.717) is 22.5 Å². The van der Waals surface area contributed by atoms with Crippen molar-refractivity contribution in [2.24, 2.45) is 0 Å². The summed E-state index contributed by atoms with van der Waals surface area (Å²) in [5, 5.41) is 0. The Morgan fingerprint density at radius 2 is 1.29 bits per heavy atom. The van der Waals surface area contributed by atoms with E-state index in [1.165, 1.54) is 36.4 Å². The summed E-state index contributed by atoms with van der Waals surface area (Å²) in [6.45, 7) is -1.40. The molecule has 0 atom stereocenters. The SMILES string of the molecule is Nc1cc(N)cc(COC(=O)C=Cc2ccc(OC(=O)c3ccc(OCCC(F)(F)C(F)(F)C(F)(F)C(F)(F)F)cc3)cc2)c1. The third-order valence-corrected chi connectivity index (χ3v) is 5.91. The Kier molecular flexibility index (Phi) is 10.3. The molecule has 0 radical (unpaired) electrons. The van der Waals surface area contributed by atoms with Crippen LogP contribution in [0.4, 0.5) is 50.9 Å². The lowest BCUT2D eigenvalue weighted by atomic mass is 10.0. The molecule has 0 saturated carbocycles. The fraction of sp³-hybridized carbons (Fsp3) is 0.241. The Balaban J connectivity index is 1.49. The first-order chi connectivity index (χ1) is 20.8. The number of nitrogen functional groups attached to an aromatic ring is 2. The minimum Gasteiger partial charge on any atom is -0.493 e. The van der Waals surface area contributed by atoms with Gasteiger partial charge < -0.3 is 25.7 Å². The van der Waals surface area contributed by atoms with Crippen LogP contribution in [0, 0.1) is 0 Å². The number of hydrogen-bond acceptors (Lipinski definition) is 7. The molecule has 3 aromatic carbocycles.